The average molecular weight is 354 g/mol. The van der Waals surface area contributed by atoms with Crippen LogP contribution in [0.4, 0.5) is 0 Å². The Labute approximate surface area is 130 Å². The second-order valence-electron chi connectivity index (χ2n) is 4.54. The maximum absolute atomic E-state index is 12.3. The third-order valence-corrected chi connectivity index (χ3v) is 3.44. The maximum atomic E-state index is 12.3. The molecule has 0 aliphatic rings. The van der Waals surface area contributed by atoms with Gasteiger partial charge >= 0.3 is 0 Å². The summed E-state index contributed by atoms with van der Waals surface area (Å²) in [6, 6.07) is 5.24. The van der Waals surface area contributed by atoms with Crippen LogP contribution in [-0.4, -0.2) is 35.7 Å². The summed E-state index contributed by atoms with van der Waals surface area (Å²) in [4.78, 5) is 28.2. The molecule has 0 saturated carbocycles. The Balaban J connectivity index is 2.09. The van der Waals surface area contributed by atoms with Crippen molar-refractivity contribution in [3.8, 4) is 0 Å². The lowest BCUT2D eigenvalue weighted by Crippen LogP contribution is -2.33. The fraction of sp³-hybridized carbons (Fsp3) is 0.357. The standard InChI is InChI=1S/C14H16BrN3O3/c1-21-6-2-5-16-13(19)8-18-9-17-12-7-10(15)3-4-11(12)14(18)20/h3-4,7,9H,2,5-6,8H2,1H3,(H,16,19). The average Bonchev–Trinajstić information content (AvgIpc) is 2.46. The number of ether oxygens (including phenoxy) is 1. The topological polar surface area (TPSA) is 73.2 Å². The minimum absolute atomic E-state index is 0.0369. The van der Waals surface area contributed by atoms with Gasteiger partial charge in [-0.25, -0.2) is 4.98 Å². The first-order chi connectivity index (χ1) is 10.1. The number of methoxy groups -OCH3 is 1. The highest BCUT2D eigenvalue weighted by Gasteiger charge is 2.08. The van der Waals surface area contributed by atoms with Crippen molar-refractivity contribution >= 4 is 32.7 Å². The van der Waals surface area contributed by atoms with E-state index in [4.69, 9.17) is 4.74 Å². The lowest BCUT2D eigenvalue weighted by Gasteiger charge is -2.08. The van der Waals surface area contributed by atoms with Gasteiger partial charge in [-0.3, -0.25) is 14.2 Å². The van der Waals surface area contributed by atoms with Crippen LogP contribution in [0.25, 0.3) is 10.9 Å². The summed E-state index contributed by atoms with van der Waals surface area (Å²) in [7, 11) is 1.61. The van der Waals surface area contributed by atoms with Crippen molar-refractivity contribution in [1.82, 2.24) is 14.9 Å². The van der Waals surface area contributed by atoms with Gasteiger partial charge in [0.25, 0.3) is 5.56 Å². The predicted octanol–water partition coefficient (Wildman–Crippen LogP) is 1.31. The molecular formula is C14H16BrN3O3. The molecule has 1 aromatic carbocycles. The fourth-order valence-corrected chi connectivity index (χ4v) is 2.25. The van der Waals surface area contributed by atoms with Crippen LogP contribution in [0.2, 0.25) is 0 Å². The van der Waals surface area contributed by atoms with E-state index in [0.29, 0.717) is 24.1 Å². The summed E-state index contributed by atoms with van der Waals surface area (Å²) < 4.78 is 7.06. The quantitative estimate of drug-likeness (QED) is 0.794. The van der Waals surface area contributed by atoms with E-state index in [1.165, 1.54) is 10.9 Å². The summed E-state index contributed by atoms with van der Waals surface area (Å²) in [6.07, 6.45) is 2.13. The monoisotopic (exact) mass is 353 g/mol. The molecule has 0 aliphatic heterocycles. The highest BCUT2D eigenvalue weighted by atomic mass is 79.9. The summed E-state index contributed by atoms with van der Waals surface area (Å²) in [5.41, 5.74) is 0.380. The first-order valence-corrected chi connectivity index (χ1v) is 7.31. The first-order valence-electron chi connectivity index (χ1n) is 6.52. The largest absolute Gasteiger partial charge is 0.385 e. The van der Waals surface area contributed by atoms with Gasteiger partial charge in [0.15, 0.2) is 0 Å². The van der Waals surface area contributed by atoms with Crippen molar-refractivity contribution < 1.29 is 9.53 Å². The Morgan fingerprint density at radius 2 is 2.29 bits per heavy atom. The van der Waals surface area contributed by atoms with E-state index in [-0.39, 0.29) is 18.0 Å². The fourth-order valence-electron chi connectivity index (χ4n) is 1.90. The molecule has 1 N–H and O–H groups in total. The predicted molar refractivity (Wildman–Crippen MR) is 83.2 cm³/mol. The molecule has 0 spiro atoms. The van der Waals surface area contributed by atoms with Crippen molar-refractivity contribution in [3.63, 3.8) is 0 Å². The molecule has 6 nitrogen and oxygen atoms in total. The number of hydrogen-bond acceptors (Lipinski definition) is 4. The number of rotatable bonds is 6. The molecule has 21 heavy (non-hydrogen) atoms. The first kappa shape index (κ1) is 15.7. The number of hydrogen-bond donors (Lipinski definition) is 1. The number of nitrogens with one attached hydrogen (secondary N) is 1. The highest BCUT2D eigenvalue weighted by molar-refractivity contribution is 9.10. The van der Waals surface area contributed by atoms with Crippen LogP contribution in [0.1, 0.15) is 6.42 Å². The second-order valence-corrected chi connectivity index (χ2v) is 5.45. The van der Waals surface area contributed by atoms with Crippen LogP contribution < -0.4 is 10.9 Å². The Hall–Kier alpha value is -1.73. The van der Waals surface area contributed by atoms with Gasteiger partial charge in [0.05, 0.1) is 17.2 Å². The van der Waals surface area contributed by atoms with Gasteiger partial charge in [-0.1, -0.05) is 15.9 Å². The van der Waals surface area contributed by atoms with Crippen LogP contribution in [0, 0.1) is 0 Å². The Morgan fingerprint density at radius 1 is 1.48 bits per heavy atom. The van der Waals surface area contributed by atoms with Gasteiger partial charge in [0, 0.05) is 24.7 Å². The van der Waals surface area contributed by atoms with Crippen molar-refractivity contribution in [1.29, 1.82) is 0 Å². The zero-order chi connectivity index (χ0) is 15.2. The number of carbonyl (C=O) groups excluding carboxylic acids is 1. The molecule has 0 saturated heterocycles. The molecular weight excluding hydrogens is 338 g/mol. The molecule has 7 heteroatoms. The molecule has 0 bridgehead atoms. The van der Waals surface area contributed by atoms with Crippen LogP contribution in [0.5, 0.6) is 0 Å². The lowest BCUT2D eigenvalue weighted by molar-refractivity contribution is -0.121. The minimum atomic E-state index is -0.223. The number of carbonyl (C=O) groups is 1. The smallest absolute Gasteiger partial charge is 0.261 e. The van der Waals surface area contributed by atoms with Crippen LogP contribution in [0.15, 0.2) is 33.8 Å². The van der Waals surface area contributed by atoms with Gasteiger partial charge in [-0.05, 0) is 24.6 Å². The number of fused-ring (bicyclic) bond motifs is 1. The molecule has 112 valence electrons. The van der Waals surface area contributed by atoms with Gasteiger partial charge in [0.1, 0.15) is 6.54 Å². The zero-order valence-electron chi connectivity index (χ0n) is 11.6. The summed E-state index contributed by atoms with van der Waals surface area (Å²) in [5.74, 6) is -0.216. The van der Waals surface area contributed by atoms with Crippen LogP contribution >= 0.6 is 15.9 Å². The number of nitrogens with zero attached hydrogens (tertiary/aromatic N) is 2. The molecule has 1 heterocycles. The summed E-state index contributed by atoms with van der Waals surface area (Å²) in [5, 5.41) is 3.23. The summed E-state index contributed by atoms with van der Waals surface area (Å²) >= 11 is 3.33. The van der Waals surface area contributed by atoms with E-state index < -0.39 is 0 Å². The minimum Gasteiger partial charge on any atom is -0.385 e. The molecule has 1 aromatic heterocycles. The van der Waals surface area contributed by atoms with Gasteiger partial charge < -0.3 is 10.1 Å². The normalized spacial score (nSPS) is 10.8. The van der Waals surface area contributed by atoms with E-state index >= 15 is 0 Å². The van der Waals surface area contributed by atoms with Crippen molar-refractivity contribution in [2.75, 3.05) is 20.3 Å². The van der Waals surface area contributed by atoms with E-state index in [1.807, 2.05) is 0 Å². The molecule has 0 radical (unpaired) electrons. The number of aromatic nitrogens is 2. The molecule has 0 atom stereocenters. The lowest BCUT2D eigenvalue weighted by atomic mass is 10.2. The van der Waals surface area contributed by atoms with E-state index in [1.54, 1.807) is 25.3 Å². The van der Waals surface area contributed by atoms with E-state index in [2.05, 4.69) is 26.2 Å². The number of amides is 1. The Morgan fingerprint density at radius 3 is 3.05 bits per heavy atom. The van der Waals surface area contributed by atoms with Gasteiger partial charge in [0.2, 0.25) is 5.91 Å². The van der Waals surface area contributed by atoms with Crippen molar-refractivity contribution in [2.45, 2.75) is 13.0 Å². The van der Waals surface area contributed by atoms with Crippen LogP contribution in [0.3, 0.4) is 0 Å². The number of benzene rings is 1. The Kier molecular flexibility index (Phi) is 5.46. The molecule has 0 fully saturated rings. The third kappa shape index (κ3) is 4.12. The molecule has 2 rings (SSSR count). The SMILES string of the molecule is COCCCNC(=O)Cn1cnc2cc(Br)ccc2c1=O. The van der Waals surface area contributed by atoms with E-state index in [0.717, 1.165) is 10.9 Å². The van der Waals surface area contributed by atoms with E-state index in [9.17, 15) is 9.59 Å². The molecule has 2 aromatic rings. The molecule has 0 unspecified atom stereocenters. The highest BCUT2D eigenvalue weighted by Crippen LogP contribution is 2.14. The van der Waals surface area contributed by atoms with Crippen molar-refractivity contribution in [3.05, 3.63) is 39.4 Å². The van der Waals surface area contributed by atoms with Crippen LogP contribution in [-0.2, 0) is 16.1 Å². The second kappa shape index (κ2) is 7.33. The van der Waals surface area contributed by atoms with Gasteiger partial charge in [-0.2, -0.15) is 0 Å². The molecule has 1 amide bonds. The number of halogens is 1. The van der Waals surface area contributed by atoms with Gasteiger partial charge in [-0.15, -0.1) is 0 Å². The third-order valence-electron chi connectivity index (χ3n) is 2.95. The summed E-state index contributed by atoms with van der Waals surface area (Å²) in [6.45, 7) is 1.08. The molecule has 0 aliphatic carbocycles. The van der Waals surface area contributed by atoms with Crippen molar-refractivity contribution in [2.24, 2.45) is 0 Å². The maximum Gasteiger partial charge on any atom is 0.261 e. The Bertz CT molecular complexity index is 699. The zero-order valence-corrected chi connectivity index (χ0v) is 13.2.